The maximum Gasteiger partial charge on any atom is 0.208 e. The molecule has 0 bridgehead atoms. The Balaban J connectivity index is 2.28. The topological polar surface area (TPSA) is 44.0 Å². The molecule has 0 saturated heterocycles. The number of nitrogens with zero attached hydrogens (tertiary/aromatic N) is 2. The van der Waals surface area contributed by atoms with Crippen molar-refractivity contribution in [3.05, 3.63) is 27.7 Å². The van der Waals surface area contributed by atoms with Crippen LogP contribution in [0.4, 0.5) is 16.5 Å². The molecule has 2 aromatic rings. The molecule has 0 aliphatic carbocycles. The Morgan fingerprint density at radius 2 is 2.18 bits per heavy atom. The van der Waals surface area contributed by atoms with Crippen LogP contribution in [0, 0.1) is 10.9 Å². The third-order valence-electron chi connectivity index (χ3n) is 2.38. The minimum atomic E-state index is 0.674. The van der Waals surface area contributed by atoms with Gasteiger partial charge in [-0.2, -0.15) is 0 Å². The second kappa shape index (κ2) is 4.85. The van der Waals surface area contributed by atoms with Crippen molar-refractivity contribution in [2.75, 3.05) is 24.3 Å². The second-order valence-electron chi connectivity index (χ2n) is 3.94. The van der Waals surface area contributed by atoms with Gasteiger partial charge in [0.1, 0.15) is 0 Å². The van der Waals surface area contributed by atoms with Crippen molar-refractivity contribution in [3.8, 4) is 0 Å². The smallest absolute Gasteiger partial charge is 0.208 e. The van der Waals surface area contributed by atoms with Crippen LogP contribution in [0.1, 0.15) is 5.56 Å². The lowest BCUT2D eigenvalue weighted by molar-refractivity contribution is 1.08. The maximum absolute atomic E-state index is 4.99. The number of hydrogen-bond donors (Lipinski definition) is 2. The van der Waals surface area contributed by atoms with Crippen LogP contribution in [0.5, 0.6) is 0 Å². The van der Waals surface area contributed by atoms with E-state index in [0.29, 0.717) is 3.95 Å². The van der Waals surface area contributed by atoms with Crippen LogP contribution < -0.4 is 10.2 Å². The Hall–Kier alpha value is -1.40. The molecule has 0 spiro atoms. The van der Waals surface area contributed by atoms with Gasteiger partial charge in [0.15, 0.2) is 3.95 Å². The van der Waals surface area contributed by atoms with Crippen molar-refractivity contribution in [3.63, 3.8) is 0 Å². The van der Waals surface area contributed by atoms with Gasteiger partial charge in [0.25, 0.3) is 0 Å². The number of nitrogens with one attached hydrogen (secondary N) is 2. The van der Waals surface area contributed by atoms with E-state index < -0.39 is 0 Å². The summed E-state index contributed by atoms with van der Waals surface area (Å²) in [7, 11) is 4.06. The molecule has 6 heteroatoms. The minimum Gasteiger partial charge on any atom is -0.377 e. The predicted octanol–water partition coefficient (Wildman–Crippen LogP) is 3.32. The van der Waals surface area contributed by atoms with Crippen LogP contribution in [0.2, 0.25) is 0 Å². The van der Waals surface area contributed by atoms with E-state index in [1.807, 2.05) is 20.2 Å². The lowest BCUT2D eigenvalue weighted by atomic mass is 10.1. The molecule has 1 heterocycles. The van der Waals surface area contributed by atoms with Crippen LogP contribution in [0.25, 0.3) is 0 Å². The van der Waals surface area contributed by atoms with Gasteiger partial charge >= 0.3 is 0 Å². The Labute approximate surface area is 109 Å². The van der Waals surface area contributed by atoms with E-state index in [2.05, 4.69) is 39.5 Å². The zero-order valence-corrected chi connectivity index (χ0v) is 11.6. The molecule has 2 rings (SSSR count). The fourth-order valence-corrected chi connectivity index (χ4v) is 2.39. The molecule has 0 aliphatic rings. The summed E-state index contributed by atoms with van der Waals surface area (Å²) >= 11 is 6.41. The van der Waals surface area contributed by atoms with Crippen LogP contribution in [-0.2, 0) is 0 Å². The second-order valence-corrected chi connectivity index (χ2v) is 5.60. The number of benzene rings is 1. The lowest BCUT2D eigenvalue weighted by Crippen LogP contribution is -2.10. The fourth-order valence-electron chi connectivity index (χ4n) is 1.58. The highest BCUT2D eigenvalue weighted by Gasteiger charge is 2.04. The number of H-pyrrole nitrogens is 1. The zero-order chi connectivity index (χ0) is 12.4. The highest BCUT2D eigenvalue weighted by atomic mass is 32.1. The largest absolute Gasteiger partial charge is 0.377 e. The number of aromatic amines is 1. The fraction of sp³-hybridized carbons (Fsp3) is 0.273. The van der Waals surface area contributed by atoms with Gasteiger partial charge in [0, 0.05) is 25.5 Å². The summed E-state index contributed by atoms with van der Waals surface area (Å²) in [5.74, 6) is 0. The number of anilines is 3. The Morgan fingerprint density at radius 1 is 1.41 bits per heavy atom. The number of rotatable bonds is 3. The first-order valence-corrected chi connectivity index (χ1v) is 6.39. The van der Waals surface area contributed by atoms with Crippen LogP contribution in [0.3, 0.4) is 0 Å². The zero-order valence-electron chi connectivity index (χ0n) is 9.94. The van der Waals surface area contributed by atoms with Gasteiger partial charge in [-0.3, -0.25) is 5.10 Å². The molecule has 1 aromatic carbocycles. The van der Waals surface area contributed by atoms with E-state index in [1.165, 1.54) is 22.6 Å². The Bertz CT molecular complexity index is 571. The molecule has 0 fully saturated rings. The van der Waals surface area contributed by atoms with Crippen molar-refractivity contribution in [2.45, 2.75) is 6.92 Å². The monoisotopic (exact) mass is 266 g/mol. The number of hydrogen-bond acceptors (Lipinski definition) is 5. The number of aryl methyl sites for hydroxylation is 1. The summed E-state index contributed by atoms with van der Waals surface area (Å²) < 4.78 is 0.674. The van der Waals surface area contributed by atoms with E-state index in [9.17, 15) is 0 Å². The third kappa shape index (κ3) is 2.83. The van der Waals surface area contributed by atoms with Gasteiger partial charge in [0.05, 0.1) is 0 Å². The van der Waals surface area contributed by atoms with Crippen LogP contribution in [-0.4, -0.2) is 24.3 Å². The maximum atomic E-state index is 4.99. The molecule has 0 atom stereocenters. The molecule has 0 amide bonds. The molecular formula is C11H14N4S2. The van der Waals surface area contributed by atoms with Gasteiger partial charge in [-0.05, 0) is 36.8 Å². The highest BCUT2D eigenvalue weighted by Crippen LogP contribution is 2.25. The third-order valence-corrected chi connectivity index (χ3v) is 3.38. The molecule has 17 heavy (non-hydrogen) atoms. The molecular weight excluding hydrogens is 252 g/mol. The SMILES string of the molecule is Cc1ccc(Nc2n[nH]c(=S)s2)cc1N(C)C. The lowest BCUT2D eigenvalue weighted by Gasteiger charge is -2.16. The molecule has 0 saturated carbocycles. The first kappa shape index (κ1) is 12.1. The predicted molar refractivity (Wildman–Crippen MR) is 76.1 cm³/mol. The molecule has 0 unspecified atom stereocenters. The summed E-state index contributed by atoms with van der Waals surface area (Å²) in [4.78, 5) is 2.09. The summed E-state index contributed by atoms with van der Waals surface area (Å²) in [5, 5.41) is 10.8. The molecule has 1 aromatic heterocycles. The minimum absolute atomic E-state index is 0.674. The highest BCUT2D eigenvalue weighted by molar-refractivity contribution is 7.73. The first-order valence-electron chi connectivity index (χ1n) is 5.17. The average molecular weight is 266 g/mol. The summed E-state index contributed by atoms with van der Waals surface area (Å²) in [6.07, 6.45) is 0. The quantitative estimate of drug-likeness (QED) is 0.836. The van der Waals surface area contributed by atoms with Gasteiger partial charge in [-0.1, -0.05) is 17.4 Å². The van der Waals surface area contributed by atoms with Crippen molar-refractivity contribution >= 4 is 40.1 Å². The number of aromatic nitrogens is 2. The summed E-state index contributed by atoms with van der Waals surface area (Å²) in [6, 6.07) is 6.22. The average Bonchev–Trinajstić information content (AvgIpc) is 2.66. The molecule has 0 radical (unpaired) electrons. The first-order chi connectivity index (χ1) is 8.06. The molecule has 0 aliphatic heterocycles. The molecule has 4 nitrogen and oxygen atoms in total. The van der Waals surface area contributed by atoms with E-state index in [0.717, 1.165) is 10.8 Å². The van der Waals surface area contributed by atoms with Crippen LogP contribution >= 0.6 is 23.6 Å². The summed E-state index contributed by atoms with van der Waals surface area (Å²) in [5.41, 5.74) is 3.45. The van der Waals surface area contributed by atoms with Crippen molar-refractivity contribution in [1.29, 1.82) is 0 Å². The van der Waals surface area contributed by atoms with Crippen molar-refractivity contribution < 1.29 is 0 Å². The normalized spacial score (nSPS) is 10.3. The van der Waals surface area contributed by atoms with Gasteiger partial charge in [0.2, 0.25) is 5.13 Å². The van der Waals surface area contributed by atoms with Gasteiger partial charge in [-0.15, -0.1) is 5.10 Å². The van der Waals surface area contributed by atoms with Crippen molar-refractivity contribution in [1.82, 2.24) is 10.2 Å². The van der Waals surface area contributed by atoms with Gasteiger partial charge < -0.3 is 10.2 Å². The Morgan fingerprint density at radius 3 is 2.76 bits per heavy atom. The Kier molecular flexibility index (Phi) is 3.44. The molecule has 90 valence electrons. The van der Waals surface area contributed by atoms with E-state index >= 15 is 0 Å². The van der Waals surface area contributed by atoms with E-state index in [-0.39, 0.29) is 0 Å². The molecule has 2 N–H and O–H groups in total. The van der Waals surface area contributed by atoms with Crippen molar-refractivity contribution in [2.24, 2.45) is 0 Å². The van der Waals surface area contributed by atoms with Gasteiger partial charge in [-0.25, -0.2) is 0 Å². The van der Waals surface area contributed by atoms with E-state index in [1.54, 1.807) is 0 Å². The summed E-state index contributed by atoms with van der Waals surface area (Å²) in [6.45, 7) is 2.09. The van der Waals surface area contributed by atoms with Crippen LogP contribution in [0.15, 0.2) is 18.2 Å². The van der Waals surface area contributed by atoms with E-state index in [4.69, 9.17) is 12.2 Å². The standard InChI is InChI=1S/C11H14N4S2/c1-7-4-5-8(6-9(7)15(2)3)12-10-13-14-11(16)17-10/h4-6H,1-3H3,(H,12,13)(H,14,16).